The molecule has 1 heterocycles. The van der Waals surface area contributed by atoms with Crippen molar-refractivity contribution in [1.82, 2.24) is 14.8 Å². The quantitative estimate of drug-likeness (QED) is 0.716. The third-order valence-corrected chi connectivity index (χ3v) is 3.78. The van der Waals surface area contributed by atoms with Gasteiger partial charge in [0.05, 0.1) is 6.54 Å². The summed E-state index contributed by atoms with van der Waals surface area (Å²) in [5.74, 6) is 0.780. The van der Waals surface area contributed by atoms with Crippen molar-refractivity contribution in [1.29, 1.82) is 0 Å². The van der Waals surface area contributed by atoms with Crippen molar-refractivity contribution in [3.05, 3.63) is 69.5 Å². The van der Waals surface area contributed by atoms with Crippen molar-refractivity contribution < 1.29 is 0 Å². The Kier molecular flexibility index (Phi) is 3.90. The minimum Gasteiger partial charge on any atom is -0.279 e. The minimum absolute atomic E-state index is 0.533. The second kappa shape index (κ2) is 5.84. The first-order valence-electron chi connectivity index (χ1n) is 6.60. The molecule has 1 aromatic heterocycles. The number of hydrogen-bond donors (Lipinski definition) is 1. The predicted molar refractivity (Wildman–Crippen MR) is 88.1 cm³/mol. The molecule has 0 aliphatic heterocycles. The molecule has 0 amide bonds. The lowest BCUT2D eigenvalue weighted by atomic mass is 10.1. The molecule has 3 rings (SSSR count). The highest BCUT2D eigenvalue weighted by Gasteiger charge is 2.05. The fraction of sp³-hybridized carbons (Fsp3) is 0.125. The number of nitrogens with zero attached hydrogens (tertiary/aromatic N) is 2. The molecule has 0 fully saturated rings. The maximum Gasteiger partial charge on any atom is 0.216 e. The van der Waals surface area contributed by atoms with Gasteiger partial charge in [-0.3, -0.25) is 9.78 Å². The molecule has 21 heavy (non-hydrogen) atoms. The standard InChI is InChI=1S/C16H14ClN3S/c1-11-5-7-13(8-6-11)15-18-16(21)20(19-15)10-12-3-2-4-14(17)9-12/h2-9H,10H2,1H3,(H,18,19,21). The number of rotatable bonds is 3. The van der Waals surface area contributed by atoms with Crippen molar-refractivity contribution in [2.75, 3.05) is 0 Å². The number of aromatic amines is 1. The summed E-state index contributed by atoms with van der Waals surface area (Å²) in [6.45, 7) is 2.68. The monoisotopic (exact) mass is 315 g/mol. The van der Waals surface area contributed by atoms with Gasteiger partial charge in [-0.15, -0.1) is 0 Å². The molecule has 3 nitrogen and oxygen atoms in total. The Balaban J connectivity index is 1.91. The highest BCUT2D eigenvalue weighted by Crippen LogP contribution is 2.17. The molecule has 0 radical (unpaired) electrons. The summed E-state index contributed by atoms with van der Waals surface area (Å²) in [6, 6.07) is 15.9. The number of nitrogens with one attached hydrogen (secondary N) is 1. The van der Waals surface area contributed by atoms with E-state index in [0.29, 0.717) is 11.3 Å². The van der Waals surface area contributed by atoms with Crippen LogP contribution in [0.2, 0.25) is 5.02 Å². The second-order valence-corrected chi connectivity index (χ2v) is 5.74. The van der Waals surface area contributed by atoms with Gasteiger partial charge in [-0.25, -0.2) is 0 Å². The van der Waals surface area contributed by atoms with Crippen molar-refractivity contribution >= 4 is 23.8 Å². The molecule has 3 aromatic rings. The van der Waals surface area contributed by atoms with Crippen LogP contribution < -0.4 is 0 Å². The fourth-order valence-electron chi connectivity index (χ4n) is 2.12. The van der Waals surface area contributed by atoms with Gasteiger partial charge in [0, 0.05) is 10.6 Å². The number of H-pyrrole nitrogens is 1. The molecule has 0 atom stereocenters. The number of aryl methyl sites for hydroxylation is 1. The molecular formula is C16H14ClN3S. The minimum atomic E-state index is 0.533. The zero-order valence-corrected chi connectivity index (χ0v) is 13.1. The first-order valence-corrected chi connectivity index (χ1v) is 7.39. The van der Waals surface area contributed by atoms with Crippen LogP contribution in [0.4, 0.5) is 0 Å². The molecular weight excluding hydrogens is 302 g/mol. The summed E-state index contributed by atoms with van der Waals surface area (Å²) in [6.07, 6.45) is 0. The molecule has 0 aliphatic rings. The first kappa shape index (κ1) is 14.0. The molecule has 106 valence electrons. The predicted octanol–water partition coefficient (Wildman–Crippen LogP) is 4.62. The summed E-state index contributed by atoms with van der Waals surface area (Å²) in [5, 5.41) is 3.96. The van der Waals surface area contributed by atoms with Crippen LogP contribution in [-0.2, 0) is 6.54 Å². The zero-order chi connectivity index (χ0) is 14.8. The third-order valence-electron chi connectivity index (χ3n) is 3.23. The Morgan fingerprint density at radius 3 is 2.67 bits per heavy atom. The van der Waals surface area contributed by atoms with E-state index in [-0.39, 0.29) is 0 Å². The molecule has 0 spiro atoms. The molecule has 1 N–H and O–H groups in total. The van der Waals surface area contributed by atoms with E-state index in [0.717, 1.165) is 22.0 Å². The zero-order valence-electron chi connectivity index (χ0n) is 11.5. The van der Waals surface area contributed by atoms with Crippen LogP contribution in [0.3, 0.4) is 0 Å². The van der Waals surface area contributed by atoms with Gasteiger partial charge in [-0.2, -0.15) is 4.98 Å². The molecule has 0 unspecified atom stereocenters. The van der Waals surface area contributed by atoms with Crippen molar-refractivity contribution in [2.45, 2.75) is 13.5 Å². The van der Waals surface area contributed by atoms with E-state index in [1.165, 1.54) is 5.56 Å². The number of halogens is 1. The summed E-state index contributed by atoms with van der Waals surface area (Å²) in [4.78, 5) is 4.42. The van der Waals surface area contributed by atoms with E-state index in [4.69, 9.17) is 23.8 Å². The van der Waals surface area contributed by atoms with Crippen LogP contribution in [0.25, 0.3) is 11.4 Å². The van der Waals surface area contributed by atoms with Crippen LogP contribution in [0.1, 0.15) is 11.1 Å². The van der Waals surface area contributed by atoms with E-state index in [9.17, 15) is 0 Å². The Morgan fingerprint density at radius 2 is 1.95 bits per heavy atom. The highest BCUT2D eigenvalue weighted by molar-refractivity contribution is 7.71. The van der Waals surface area contributed by atoms with E-state index in [1.54, 1.807) is 0 Å². The summed E-state index contributed by atoms with van der Waals surface area (Å²) < 4.78 is 2.38. The fourth-order valence-corrected chi connectivity index (χ4v) is 2.54. The maximum absolute atomic E-state index is 6.01. The van der Waals surface area contributed by atoms with Crippen LogP contribution in [0.5, 0.6) is 0 Å². The summed E-state index contributed by atoms with van der Waals surface area (Å²) in [5.41, 5.74) is 3.32. The van der Waals surface area contributed by atoms with Gasteiger partial charge in [-0.05, 0) is 36.8 Å². The summed E-state index contributed by atoms with van der Waals surface area (Å²) in [7, 11) is 0. The van der Waals surface area contributed by atoms with Crippen molar-refractivity contribution in [2.24, 2.45) is 0 Å². The van der Waals surface area contributed by atoms with Gasteiger partial charge in [0.15, 0.2) is 5.82 Å². The summed E-state index contributed by atoms with van der Waals surface area (Å²) >= 11 is 11.3. The first-order chi connectivity index (χ1) is 10.1. The molecule has 0 aliphatic carbocycles. The van der Waals surface area contributed by atoms with E-state index in [2.05, 4.69) is 29.1 Å². The topological polar surface area (TPSA) is 33.6 Å². The van der Waals surface area contributed by atoms with Crippen LogP contribution in [-0.4, -0.2) is 14.8 Å². The second-order valence-electron chi connectivity index (χ2n) is 4.94. The van der Waals surface area contributed by atoms with Crippen molar-refractivity contribution in [3.8, 4) is 11.4 Å². The lowest BCUT2D eigenvalue weighted by Crippen LogP contribution is -2.01. The molecule has 0 bridgehead atoms. The largest absolute Gasteiger partial charge is 0.279 e. The van der Waals surface area contributed by atoms with Gasteiger partial charge in [0.25, 0.3) is 0 Å². The normalized spacial score (nSPS) is 10.8. The lowest BCUT2D eigenvalue weighted by Gasteiger charge is -2.03. The van der Waals surface area contributed by atoms with Crippen molar-refractivity contribution in [3.63, 3.8) is 0 Å². The van der Waals surface area contributed by atoms with Gasteiger partial charge < -0.3 is 0 Å². The van der Waals surface area contributed by atoms with Gasteiger partial charge in [0.2, 0.25) is 4.77 Å². The SMILES string of the molecule is Cc1ccc(-c2nc(=S)n(Cc3cccc(Cl)c3)[nH]2)cc1. The highest BCUT2D eigenvalue weighted by atomic mass is 35.5. The smallest absolute Gasteiger partial charge is 0.216 e. The van der Waals surface area contributed by atoms with Gasteiger partial charge in [-0.1, -0.05) is 53.6 Å². The average molecular weight is 316 g/mol. The Bertz CT molecular complexity index is 818. The Labute approximate surface area is 133 Å². The van der Waals surface area contributed by atoms with E-state index >= 15 is 0 Å². The number of benzene rings is 2. The van der Waals surface area contributed by atoms with Gasteiger partial charge in [0.1, 0.15) is 0 Å². The number of hydrogen-bond acceptors (Lipinski definition) is 2. The van der Waals surface area contributed by atoms with E-state index in [1.807, 2.05) is 41.1 Å². The number of aromatic nitrogens is 3. The molecule has 2 aromatic carbocycles. The average Bonchev–Trinajstić information content (AvgIpc) is 2.81. The van der Waals surface area contributed by atoms with Crippen LogP contribution >= 0.6 is 23.8 Å². The Morgan fingerprint density at radius 1 is 1.19 bits per heavy atom. The molecule has 5 heteroatoms. The van der Waals surface area contributed by atoms with Crippen LogP contribution in [0, 0.1) is 11.7 Å². The Hall–Kier alpha value is -1.91. The van der Waals surface area contributed by atoms with E-state index < -0.39 is 0 Å². The molecule has 0 saturated heterocycles. The lowest BCUT2D eigenvalue weighted by molar-refractivity contribution is 0.677. The van der Waals surface area contributed by atoms with Crippen LogP contribution in [0.15, 0.2) is 48.5 Å². The third kappa shape index (κ3) is 3.23. The molecule has 0 saturated carbocycles. The van der Waals surface area contributed by atoms with Gasteiger partial charge >= 0.3 is 0 Å². The maximum atomic E-state index is 6.01.